The first-order chi connectivity index (χ1) is 12.2. The highest BCUT2D eigenvalue weighted by atomic mass is 16.5. The van der Waals surface area contributed by atoms with Gasteiger partial charge in [0.15, 0.2) is 0 Å². The van der Waals surface area contributed by atoms with E-state index in [9.17, 15) is 0 Å². The van der Waals surface area contributed by atoms with Gasteiger partial charge in [0.25, 0.3) is 0 Å². The van der Waals surface area contributed by atoms with Gasteiger partial charge in [0.1, 0.15) is 5.75 Å². The topological polar surface area (TPSA) is 21.3 Å². The van der Waals surface area contributed by atoms with Gasteiger partial charge in [-0.15, -0.1) is 0 Å². The fraction of sp³-hybridized carbons (Fsp3) is 0.391. The van der Waals surface area contributed by atoms with Crippen LogP contribution in [0.2, 0.25) is 0 Å². The molecule has 2 aromatic rings. The van der Waals surface area contributed by atoms with Gasteiger partial charge in [-0.1, -0.05) is 43.3 Å². The SMILES string of the molecule is CCC(C)Oc1ccc2c(c1)C1C=CCC1C(c1ccccc1C)N2. The molecular formula is C23H27NO. The number of allylic oxidation sites excluding steroid dienone is 2. The Bertz CT molecular complexity index is 794. The van der Waals surface area contributed by atoms with Gasteiger partial charge in [-0.2, -0.15) is 0 Å². The first kappa shape index (κ1) is 16.3. The molecule has 0 fully saturated rings. The summed E-state index contributed by atoms with van der Waals surface area (Å²) in [5.74, 6) is 2.04. The zero-order chi connectivity index (χ0) is 17.4. The molecule has 4 unspecified atom stereocenters. The molecule has 1 heterocycles. The molecule has 0 bridgehead atoms. The van der Waals surface area contributed by atoms with Gasteiger partial charge in [0.05, 0.1) is 12.1 Å². The molecule has 1 N–H and O–H groups in total. The normalized spacial score (nSPS) is 25.0. The van der Waals surface area contributed by atoms with Gasteiger partial charge in [0.2, 0.25) is 0 Å². The number of benzene rings is 2. The zero-order valence-electron chi connectivity index (χ0n) is 15.3. The third-order valence-electron chi connectivity index (χ3n) is 5.77. The molecule has 0 amide bonds. The van der Waals surface area contributed by atoms with E-state index in [4.69, 9.17) is 4.74 Å². The van der Waals surface area contributed by atoms with E-state index in [1.54, 1.807) is 0 Å². The van der Waals surface area contributed by atoms with Crippen molar-refractivity contribution < 1.29 is 4.74 Å². The van der Waals surface area contributed by atoms with Crippen LogP contribution in [0, 0.1) is 12.8 Å². The van der Waals surface area contributed by atoms with Crippen molar-refractivity contribution in [3.8, 4) is 5.75 Å². The Balaban J connectivity index is 1.70. The molecule has 25 heavy (non-hydrogen) atoms. The number of anilines is 1. The molecule has 2 aromatic carbocycles. The zero-order valence-corrected chi connectivity index (χ0v) is 15.3. The molecule has 1 aliphatic heterocycles. The van der Waals surface area contributed by atoms with E-state index < -0.39 is 0 Å². The van der Waals surface area contributed by atoms with E-state index in [-0.39, 0.29) is 6.10 Å². The van der Waals surface area contributed by atoms with Crippen molar-refractivity contribution in [1.29, 1.82) is 0 Å². The van der Waals surface area contributed by atoms with Gasteiger partial charge in [0, 0.05) is 11.6 Å². The second-order valence-corrected chi connectivity index (χ2v) is 7.42. The lowest BCUT2D eigenvalue weighted by atomic mass is 9.76. The molecule has 130 valence electrons. The summed E-state index contributed by atoms with van der Waals surface area (Å²) in [6, 6.07) is 15.7. The van der Waals surface area contributed by atoms with Crippen molar-refractivity contribution in [2.24, 2.45) is 5.92 Å². The van der Waals surface area contributed by atoms with E-state index in [1.165, 1.54) is 22.4 Å². The molecule has 0 spiro atoms. The number of aryl methyl sites for hydroxylation is 1. The summed E-state index contributed by atoms with van der Waals surface area (Å²) in [5, 5.41) is 3.82. The Labute approximate surface area is 150 Å². The quantitative estimate of drug-likeness (QED) is 0.693. The van der Waals surface area contributed by atoms with Crippen LogP contribution < -0.4 is 10.1 Å². The van der Waals surface area contributed by atoms with Crippen LogP contribution in [-0.4, -0.2) is 6.10 Å². The van der Waals surface area contributed by atoms with E-state index >= 15 is 0 Å². The van der Waals surface area contributed by atoms with Gasteiger partial charge in [-0.3, -0.25) is 0 Å². The maximum Gasteiger partial charge on any atom is 0.120 e. The lowest BCUT2D eigenvalue weighted by molar-refractivity contribution is 0.217. The number of ether oxygens (including phenoxy) is 1. The number of fused-ring (bicyclic) bond motifs is 3. The molecule has 1 aliphatic carbocycles. The van der Waals surface area contributed by atoms with E-state index in [2.05, 4.69) is 80.7 Å². The third-order valence-corrected chi connectivity index (χ3v) is 5.77. The summed E-state index contributed by atoms with van der Waals surface area (Å²) in [6.07, 6.45) is 7.15. The summed E-state index contributed by atoms with van der Waals surface area (Å²) in [5.41, 5.74) is 5.42. The standard InChI is InChI=1S/C23H27NO/c1-4-16(3)25-17-12-13-22-21(14-17)19-10-7-11-20(19)23(24-22)18-9-6-5-8-15(18)2/h5-10,12-14,16,19-20,23-24H,4,11H2,1-3H3. The average molecular weight is 333 g/mol. The minimum Gasteiger partial charge on any atom is -0.491 e. The highest BCUT2D eigenvalue weighted by Crippen LogP contribution is 2.50. The maximum absolute atomic E-state index is 6.06. The summed E-state index contributed by atoms with van der Waals surface area (Å²) in [6.45, 7) is 6.50. The maximum atomic E-state index is 6.06. The lowest BCUT2D eigenvalue weighted by Crippen LogP contribution is -2.29. The summed E-state index contributed by atoms with van der Waals surface area (Å²) >= 11 is 0. The second-order valence-electron chi connectivity index (χ2n) is 7.42. The minimum atomic E-state index is 0.254. The fourth-order valence-corrected chi connectivity index (χ4v) is 4.21. The molecule has 0 aromatic heterocycles. The Hall–Kier alpha value is -2.22. The molecule has 2 aliphatic rings. The van der Waals surface area contributed by atoms with Crippen molar-refractivity contribution in [2.75, 3.05) is 5.32 Å². The largest absolute Gasteiger partial charge is 0.491 e. The van der Waals surface area contributed by atoms with Gasteiger partial charge in [-0.05, 0) is 67.5 Å². The molecule has 2 nitrogen and oxygen atoms in total. The Morgan fingerprint density at radius 2 is 2.00 bits per heavy atom. The Kier molecular flexibility index (Phi) is 4.29. The Morgan fingerprint density at radius 3 is 2.80 bits per heavy atom. The van der Waals surface area contributed by atoms with E-state index in [1.807, 2.05) is 0 Å². The minimum absolute atomic E-state index is 0.254. The highest BCUT2D eigenvalue weighted by Gasteiger charge is 2.38. The monoisotopic (exact) mass is 333 g/mol. The van der Waals surface area contributed by atoms with Gasteiger partial charge < -0.3 is 10.1 Å². The predicted octanol–water partition coefficient (Wildman–Crippen LogP) is 6.00. The smallest absolute Gasteiger partial charge is 0.120 e. The van der Waals surface area contributed by atoms with E-state index in [0.29, 0.717) is 17.9 Å². The van der Waals surface area contributed by atoms with Crippen molar-refractivity contribution >= 4 is 5.69 Å². The average Bonchev–Trinajstić information content (AvgIpc) is 3.12. The van der Waals surface area contributed by atoms with Crippen molar-refractivity contribution in [3.05, 3.63) is 71.3 Å². The fourth-order valence-electron chi connectivity index (χ4n) is 4.21. The summed E-state index contributed by atoms with van der Waals surface area (Å²) in [4.78, 5) is 0. The number of hydrogen-bond donors (Lipinski definition) is 1. The first-order valence-corrected chi connectivity index (χ1v) is 9.46. The van der Waals surface area contributed by atoms with E-state index in [0.717, 1.165) is 18.6 Å². The first-order valence-electron chi connectivity index (χ1n) is 9.46. The van der Waals surface area contributed by atoms with Crippen LogP contribution in [0.5, 0.6) is 5.75 Å². The van der Waals surface area contributed by atoms with Crippen LogP contribution in [0.4, 0.5) is 5.69 Å². The summed E-state index contributed by atoms with van der Waals surface area (Å²) in [7, 11) is 0. The van der Waals surface area contributed by atoms with Crippen molar-refractivity contribution in [3.63, 3.8) is 0 Å². The predicted molar refractivity (Wildman–Crippen MR) is 104 cm³/mol. The second kappa shape index (κ2) is 6.59. The number of rotatable bonds is 4. The molecular weight excluding hydrogens is 306 g/mol. The summed E-state index contributed by atoms with van der Waals surface area (Å²) < 4.78 is 6.06. The molecule has 4 rings (SSSR count). The molecule has 4 atom stereocenters. The molecule has 0 saturated heterocycles. The van der Waals surface area contributed by atoms with Crippen LogP contribution in [0.1, 0.15) is 55.3 Å². The molecule has 0 radical (unpaired) electrons. The highest BCUT2D eigenvalue weighted by molar-refractivity contribution is 5.62. The van der Waals surface area contributed by atoms with Gasteiger partial charge in [-0.25, -0.2) is 0 Å². The molecule has 2 heteroatoms. The van der Waals surface area contributed by atoms with Crippen LogP contribution >= 0.6 is 0 Å². The molecule has 0 saturated carbocycles. The van der Waals surface area contributed by atoms with Crippen LogP contribution in [0.3, 0.4) is 0 Å². The number of hydrogen-bond acceptors (Lipinski definition) is 2. The van der Waals surface area contributed by atoms with Crippen molar-refractivity contribution in [2.45, 2.75) is 51.7 Å². The van der Waals surface area contributed by atoms with Crippen molar-refractivity contribution in [1.82, 2.24) is 0 Å². The van der Waals surface area contributed by atoms with Crippen LogP contribution in [-0.2, 0) is 0 Å². The van der Waals surface area contributed by atoms with Crippen LogP contribution in [0.25, 0.3) is 0 Å². The number of nitrogens with one attached hydrogen (secondary N) is 1. The Morgan fingerprint density at radius 1 is 1.16 bits per heavy atom. The van der Waals surface area contributed by atoms with Gasteiger partial charge >= 0.3 is 0 Å². The lowest BCUT2D eigenvalue weighted by Gasteiger charge is -2.38. The van der Waals surface area contributed by atoms with Crippen LogP contribution in [0.15, 0.2) is 54.6 Å². The third kappa shape index (κ3) is 2.95.